The third-order valence-electron chi connectivity index (χ3n) is 1.46. The standard InChI is InChI=1S/C8H5FN2O2/c9-2-7-6(8(12)13)1-5(3-10)4-11-7/h1,4H,2H2,(H,12,13). The molecule has 0 amide bonds. The highest BCUT2D eigenvalue weighted by atomic mass is 19.1. The molecule has 0 spiro atoms. The van der Waals surface area contributed by atoms with Gasteiger partial charge in [-0.15, -0.1) is 0 Å². The molecule has 0 aliphatic rings. The Morgan fingerprint density at radius 3 is 2.92 bits per heavy atom. The molecule has 0 bridgehead atoms. The molecule has 1 rings (SSSR count). The van der Waals surface area contributed by atoms with Crippen LogP contribution in [0.4, 0.5) is 4.39 Å². The molecule has 0 aromatic carbocycles. The number of alkyl halides is 1. The number of nitrogens with zero attached hydrogens (tertiary/aromatic N) is 2. The normalized spacial score (nSPS) is 9.23. The van der Waals surface area contributed by atoms with Crippen molar-refractivity contribution in [2.75, 3.05) is 0 Å². The second-order valence-electron chi connectivity index (χ2n) is 2.27. The van der Waals surface area contributed by atoms with E-state index in [1.54, 1.807) is 6.07 Å². The van der Waals surface area contributed by atoms with Gasteiger partial charge in [0.25, 0.3) is 0 Å². The topological polar surface area (TPSA) is 74.0 Å². The zero-order chi connectivity index (χ0) is 9.84. The summed E-state index contributed by atoms with van der Waals surface area (Å²) in [5.41, 5.74) is -0.317. The Kier molecular flexibility index (Phi) is 2.55. The quantitative estimate of drug-likeness (QED) is 0.740. The number of halogens is 1. The molecule has 0 unspecified atom stereocenters. The molecule has 0 fully saturated rings. The third-order valence-corrected chi connectivity index (χ3v) is 1.46. The number of hydrogen-bond donors (Lipinski definition) is 1. The number of carboxylic acid groups (broad SMARTS) is 1. The number of hydrogen-bond acceptors (Lipinski definition) is 3. The van der Waals surface area contributed by atoms with Crippen molar-refractivity contribution < 1.29 is 14.3 Å². The summed E-state index contributed by atoms with van der Waals surface area (Å²) >= 11 is 0. The molecule has 0 aliphatic heterocycles. The van der Waals surface area contributed by atoms with Gasteiger partial charge in [-0.3, -0.25) is 4.98 Å². The second-order valence-corrected chi connectivity index (χ2v) is 2.27. The summed E-state index contributed by atoms with van der Waals surface area (Å²) in [6.07, 6.45) is 1.14. The fraction of sp³-hybridized carbons (Fsp3) is 0.125. The summed E-state index contributed by atoms with van der Waals surface area (Å²) in [6, 6.07) is 2.83. The molecule has 0 atom stereocenters. The van der Waals surface area contributed by atoms with E-state index in [-0.39, 0.29) is 16.8 Å². The van der Waals surface area contributed by atoms with Crippen LogP contribution in [0.2, 0.25) is 0 Å². The number of rotatable bonds is 2. The van der Waals surface area contributed by atoms with Gasteiger partial charge < -0.3 is 5.11 Å². The van der Waals surface area contributed by atoms with Crippen LogP contribution in [0.25, 0.3) is 0 Å². The van der Waals surface area contributed by atoms with Crippen LogP contribution in [0.5, 0.6) is 0 Å². The number of pyridine rings is 1. The highest BCUT2D eigenvalue weighted by Gasteiger charge is 2.11. The molecule has 1 aromatic rings. The van der Waals surface area contributed by atoms with E-state index in [2.05, 4.69) is 4.98 Å². The lowest BCUT2D eigenvalue weighted by atomic mass is 10.1. The molecular weight excluding hydrogens is 175 g/mol. The van der Waals surface area contributed by atoms with E-state index in [9.17, 15) is 9.18 Å². The molecule has 1 heterocycles. The number of carbonyl (C=O) groups is 1. The molecule has 0 radical (unpaired) electrons. The number of nitriles is 1. The molecule has 1 N–H and O–H groups in total. The Morgan fingerprint density at radius 1 is 1.77 bits per heavy atom. The molecular formula is C8H5FN2O2. The van der Waals surface area contributed by atoms with E-state index in [0.29, 0.717) is 0 Å². The van der Waals surface area contributed by atoms with Gasteiger partial charge in [0, 0.05) is 6.20 Å². The predicted octanol–water partition coefficient (Wildman–Crippen LogP) is 1.12. The first-order valence-corrected chi connectivity index (χ1v) is 3.37. The largest absolute Gasteiger partial charge is 0.478 e. The number of aromatic nitrogens is 1. The summed E-state index contributed by atoms with van der Waals surface area (Å²) in [7, 11) is 0. The first-order valence-electron chi connectivity index (χ1n) is 3.37. The molecule has 13 heavy (non-hydrogen) atoms. The Hall–Kier alpha value is -1.96. The number of carboxylic acids is 1. The first-order chi connectivity index (χ1) is 6.19. The SMILES string of the molecule is N#Cc1cnc(CF)c(C(=O)O)c1. The molecule has 66 valence electrons. The fourth-order valence-corrected chi connectivity index (χ4v) is 0.846. The minimum absolute atomic E-state index is 0.106. The Morgan fingerprint density at radius 2 is 2.46 bits per heavy atom. The lowest BCUT2D eigenvalue weighted by molar-refractivity contribution is 0.0694. The van der Waals surface area contributed by atoms with Crippen molar-refractivity contribution in [2.24, 2.45) is 0 Å². The van der Waals surface area contributed by atoms with E-state index in [1.807, 2.05) is 0 Å². The summed E-state index contributed by atoms with van der Waals surface area (Å²) in [6.45, 7) is -0.951. The monoisotopic (exact) mass is 180 g/mol. The van der Waals surface area contributed by atoms with Crippen molar-refractivity contribution in [3.8, 4) is 6.07 Å². The highest BCUT2D eigenvalue weighted by Crippen LogP contribution is 2.09. The van der Waals surface area contributed by atoms with E-state index < -0.39 is 12.6 Å². The van der Waals surface area contributed by atoms with Gasteiger partial charge in [0.15, 0.2) is 0 Å². The average molecular weight is 180 g/mol. The van der Waals surface area contributed by atoms with Gasteiger partial charge in [-0.25, -0.2) is 9.18 Å². The van der Waals surface area contributed by atoms with Crippen molar-refractivity contribution >= 4 is 5.97 Å². The van der Waals surface area contributed by atoms with Crippen molar-refractivity contribution in [3.63, 3.8) is 0 Å². The lowest BCUT2D eigenvalue weighted by Crippen LogP contribution is -2.04. The third kappa shape index (κ3) is 1.79. The van der Waals surface area contributed by atoms with Crippen LogP contribution in [0.15, 0.2) is 12.3 Å². The van der Waals surface area contributed by atoms with Crippen LogP contribution in [-0.2, 0) is 6.67 Å². The van der Waals surface area contributed by atoms with Gasteiger partial charge in [0.2, 0.25) is 0 Å². The first kappa shape index (κ1) is 9.13. The predicted molar refractivity (Wildman–Crippen MR) is 40.7 cm³/mol. The fourth-order valence-electron chi connectivity index (χ4n) is 0.846. The van der Waals surface area contributed by atoms with E-state index >= 15 is 0 Å². The summed E-state index contributed by atoms with van der Waals surface area (Å²) < 4.78 is 12.2. The van der Waals surface area contributed by atoms with Gasteiger partial charge in [0.1, 0.15) is 12.7 Å². The average Bonchev–Trinajstić information content (AvgIpc) is 2.16. The Bertz CT molecular complexity index is 384. The van der Waals surface area contributed by atoms with Crippen LogP contribution < -0.4 is 0 Å². The van der Waals surface area contributed by atoms with Crippen LogP contribution in [0.3, 0.4) is 0 Å². The lowest BCUT2D eigenvalue weighted by Gasteiger charge is -1.99. The van der Waals surface area contributed by atoms with Crippen molar-refractivity contribution in [1.29, 1.82) is 5.26 Å². The van der Waals surface area contributed by atoms with Gasteiger partial charge in [-0.05, 0) is 6.07 Å². The molecule has 5 heteroatoms. The Labute approximate surface area is 73.3 Å². The second kappa shape index (κ2) is 3.63. The zero-order valence-corrected chi connectivity index (χ0v) is 6.49. The molecule has 4 nitrogen and oxygen atoms in total. The minimum atomic E-state index is -1.28. The van der Waals surface area contributed by atoms with E-state index in [0.717, 1.165) is 12.3 Å². The van der Waals surface area contributed by atoms with Gasteiger partial charge in [-0.1, -0.05) is 0 Å². The van der Waals surface area contributed by atoms with E-state index in [4.69, 9.17) is 10.4 Å². The molecule has 0 aliphatic carbocycles. The zero-order valence-electron chi connectivity index (χ0n) is 6.49. The van der Waals surface area contributed by atoms with Crippen molar-refractivity contribution in [2.45, 2.75) is 6.67 Å². The maximum Gasteiger partial charge on any atom is 0.337 e. The molecule has 0 saturated heterocycles. The van der Waals surface area contributed by atoms with Gasteiger partial charge >= 0.3 is 5.97 Å². The van der Waals surface area contributed by atoms with Crippen LogP contribution in [0.1, 0.15) is 21.6 Å². The Balaban J connectivity index is 3.28. The highest BCUT2D eigenvalue weighted by molar-refractivity contribution is 5.89. The van der Waals surface area contributed by atoms with Crippen molar-refractivity contribution in [3.05, 3.63) is 29.1 Å². The summed E-state index contributed by atoms with van der Waals surface area (Å²) in [5.74, 6) is -1.28. The van der Waals surface area contributed by atoms with Crippen LogP contribution >= 0.6 is 0 Å². The van der Waals surface area contributed by atoms with Gasteiger partial charge in [0.05, 0.1) is 16.8 Å². The molecule has 0 saturated carbocycles. The van der Waals surface area contributed by atoms with E-state index in [1.165, 1.54) is 0 Å². The van der Waals surface area contributed by atoms with Crippen LogP contribution in [-0.4, -0.2) is 16.1 Å². The minimum Gasteiger partial charge on any atom is -0.478 e. The molecule has 1 aromatic heterocycles. The van der Waals surface area contributed by atoms with Crippen LogP contribution in [0, 0.1) is 11.3 Å². The summed E-state index contributed by atoms with van der Waals surface area (Å²) in [5, 5.41) is 17.0. The maximum absolute atomic E-state index is 12.2. The number of aromatic carboxylic acids is 1. The van der Waals surface area contributed by atoms with Gasteiger partial charge in [-0.2, -0.15) is 5.26 Å². The van der Waals surface area contributed by atoms with Crippen molar-refractivity contribution in [1.82, 2.24) is 4.98 Å². The smallest absolute Gasteiger partial charge is 0.337 e. The summed E-state index contributed by atoms with van der Waals surface area (Å²) in [4.78, 5) is 14.0. The maximum atomic E-state index is 12.2.